The van der Waals surface area contributed by atoms with E-state index in [1.807, 2.05) is 34.6 Å². The molecule has 1 saturated heterocycles. The first-order valence-electron chi connectivity index (χ1n) is 18.7. The van der Waals surface area contributed by atoms with E-state index in [1.165, 1.54) is 30.5 Å². The predicted octanol–water partition coefficient (Wildman–Crippen LogP) is 6.30. The summed E-state index contributed by atoms with van der Waals surface area (Å²) in [6, 6.07) is 3.51. The largest absolute Gasteiger partial charge is 0.458 e. The minimum Gasteiger partial charge on any atom is -0.458 e. The van der Waals surface area contributed by atoms with Crippen molar-refractivity contribution < 1.29 is 19.1 Å². The van der Waals surface area contributed by atoms with Crippen LogP contribution >= 0.6 is 0 Å². The van der Waals surface area contributed by atoms with Gasteiger partial charge in [-0.2, -0.15) is 0 Å². The van der Waals surface area contributed by atoms with Gasteiger partial charge in [-0.3, -0.25) is 0 Å². The lowest BCUT2D eigenvalue weighted by Gasteiger charge is -2.56. The van der Waals surface area contributed by atoms with Crippen molar-refractivity contribution in [1.29, 1.82) is 0 Å². The molecule has 8 rings (SSSR count). The van der Waals surface area contributed by atoms with E-state index >= 15 is 0 Å². The fourth-order valence-corrected chi connectivity index (χ4v) is 9.69. The molecule has 49 heavy (non-hydrogen) atoms. The van der Waals surface area contributed by atoms with Crippen molar-refractivity contribution in [2.75, 3.05) is 48.3 Å². The van der Waals surface area contributed by atoms with Crippen LogP contribution in [0, 0.1) is 37.0 Å². The number of nitrogens with one attached hydrogen (secondary N) is 3. The average molecular weight is 674 g/mol. The highest BCUT2D eigenvalue weighted by atomic mass is 16.6. The molecule has 2 aliphatic heterocycles. The number of hydrogen-bond acceptors (Lipinski definition) is 10. The van der Waals surface area contributed by atoms with Gasteiger partial charge in [-0.05, 0) is 128 Å². The van der Waals surface area contributed by atoms with Gasteiger partial charge in [0.2, 0.25) is 0 Å². The molecule has 1 amide bonds. The van der Waals surface area contributed by atoms with Crippen LogP contribution in [0.2, 0.25) is 0 Å². The van der Waals surface area contributed by atoms with Crippen LogP contribution in [-0.2, 0) is 20.7 Å². The monoisotopic (exact) mass is 673 g/mol. The molecule has 2 aromatic rings. The quantitative estimate of drug-likeness (QED) is 0.261. The van der Waals surface area contributed by atoms with Crippen molar-refractivity contribution in [3.63, 3.8) is 0 Å². The molecule has 1 atom stereocenters. The number of anilines is 3. The van der Waals surface area contributed by atoms with Gasteiger partial charge in [0.15, 0.2) is 0 Å². The Morgan fingerprint density at radius 1 is 1.02 bits per heavy atom. The van der Waals surface area contributed by atoms with Crippen LogP contribution in [-0.4, -0.2) is 71.4 Å². The molecule has 4 saturated carbocycles. The van der Waals surface area contributed by atoms with Crippen LogP contribution in [0.1, 0.15) is 107 Å². The van der Waals surface area contributed by atoms with Gasteiger partial charge < -0.3 is 30.3 Å². The molecule has 4 bridgehead atoms. The van der Waals surface area contributed by atoms with Gasteiger partial charge in [0.1, 0.15) is 34.9 Å². The number of hydrogen-bond donors (Lipinski definition) is 3. The number of fused-ring (bicyclic) bond motifs is 1. The first-order chi connectivity index (χ1) is 23.4. The SMILES string of the molecule is Cc1nc(NC[C@H](NC(=O)OCC23CC4CC(CC(C4)C2)C3)C(=O)OC(C)(C)C)c(C)c(N2CCC(c3ccc4c(n3)NCCC4)CC2)n1. The standard InChI is InChI=1S/C38H55N7O4/c1-23-32(41-24(2)42-34(23)45-13-10-28(11-14-45)30-9-8-29-7-6-12-39-33(29)43-30)40-21-31(35(46)49-37(3,4)5)44-36(47)48-22-38-18-25-15-26(19-38)17-27(16-25)20-38/h8-9,25-28,31H,6-7,10-22H2,1-5H3,(H,39,43)(H,44,47)(H,40,41,42)/t25?,26?,27?,31-,38?/m0/s1. The summed E-state index contributed by atoms with van der Waals surface area (Å²) >= 11 is 0. The molecule has 11 nitrogen and oxygen atoms in total. The summed E-state index contributed by atoms with van der Waals surface area (Å²) in [7, 11) is 0. The topological polar surface area (TPSA) is 131 Å². The minimum absolute atomic E-state index is 0.0977. The van der Waals surface area contributed by atoms with E-state index in [0.29, 0.717) is 24.2 Å². The summed E-state index contributed by atoms with van der Waals surface area (Å²) in [4.78, 5) is 43.4. The summed E-state index contributed by atoms with van der Waals surface area (Å²) in [5.74, 6) is 5.46. The fraction of sp³-hybridized carbons (Fsp3) is 0.711. The van der Waals surface area contributed by atoms with Crippen LogP contribution in [0.15, 0.2) is 12.1 Å². The lowest BCUT2D eigenvalue weighted by molar-refractivity contribution is -0.157. The number of pyridine rings is 1. The average Bonchev–Trinajstić information content (AvgIpc) is 3.05. The van der Waals surface area contributed by atoms with Gasteiger partial charge in [0.25, 0.3) is 0 Å². The number of aryl methyl sites for hydroxylation is 2. The lowest BCUT2D eigenvalue weighted by atomic mass is 9.50. The van der Waals surface area contributed by atoms with Crippen LogP contribution < -0.4 is 20.9 Å². The van der Waals surface area contributed by atoms with Gasteiger partial charge in [-0.25, -0.2) is 24.5 Å². The third kappa shape index (κ3) is 7.75. The fourth-order valence-electron chi connectivity index (χ4n) is 9.69. The maximum atomic E-state index is 13.4. The molecule has 5 fully saturated rings. The number of aromatic nitrogens is 3. The van der Waals surface area contributed by atoms with E-state index < -0.39 is 23.7 Å². The summed E-state index contributed by atoms with van der Waals surface area (Å²) in [5.41, 5.74) is 2.79. The van der Waals surface area contributed by atoms with E-state index in [4.69, 9.17) is 24.4 Å². The number of amides is 1. The zero-order chi connectivity index (χ0) is 34.3. The summed E-state index contributed by atoms with van der Waals surface area (Å²) < 4.78 is 11.6. The Balaban J connectivity index is 0.986. The number of nitrogens with zero attached hydrogens (tertiary/aromatic N) is 4. The Morgan fingerprint density at radius 3 is 2.39 bits per heavy atom. The third-order valence-corrected chi connectivity index (χ3v) is 11.5. The zero-order valence-corrected chi connectivity index (χ0v) is 30.1. The number of ether oxygens (including phenoxy) is 2. The van der Waals surface area contributed by atoms with Gasteiger partial charge in [-0.15, -0.1) is 0 Å². The smallest absolute Gasteiger partial charge is 0.407 e. The van der Waals surface area contributed by atoms with Crippen molar-refractivity contribution in [1.82, 2.24) is 20.3 Å². The third-order valence-electron chi connectivity index (χ3n) is 11.5. The van der Waals surface area contributed by atoms with Gasteiger partial charge in [-0.1, -0.05) is 6.07 Å². The highest BCUT2D eigenvalue weighted by molar-refractivity contribution is 5.82. The normalized spacial score (nSPS) is 26.8. The number of carbonyl (C=O) groups is 2. The lowest BCUT2D eigenvalue weighted by Crippen LogP contribution is -2.51. The van der Waals surface area contributed by atoms with Gasteiger partial charge >= 0.3 is 12.1 Å². The second kappa shape index (κ2) is 13.6. The van der Waals surface area contributed by atoms with Crippen molar-refractivity contribution in [2.45, 2.75) is 116 Å². The van der Waals surface area contributed by atoms with Crippen molar-refractivity contribution in [2.24, 2.45) is 23.2 Å². The molecule has 4 heterocycles. The molecule has 0 unspecified atom stereocenters. The van der Waals surface area contributed by atoms with E-state index in [2.05, 4.69) is 33.0 Å². The molecule has 2 aromatic heterocycles. The predicted molar refractivity (Wildman–Crippen MR) is 190 cm³/mol. The molecule has 0 radical (unpaired) electrons. The van der Waals surface area contributed by atoms with Crippen LogP contribution in [0.4, 0.5) is 22.2 Å². The maximum Gasteiger partial charge on any atom is 0.407 e. The summed E-state index contributed by atoms with van der Waals surface area (Å²) in [6.07, 6.45) is 11.1. The zero-order valence-electron chi connectivity index (χ0n) is 30.1. The van der Waals surface area contributed by atoms with E-state index in [-0.39, 0.29) is 12.0 Å². The highest BCUT2D eigenvalue weighted by Crippen LogP contribution is 2.60. The minimum atomic E-state index is -0.949. The Kier molecular flexibility index (Phi) is 9.39. The molecular weight excluding hydrogens is 618 g/mol. The van der Waals surface area contributed by atoms with Gasteiger partial charge in [0.05, 0.1) is 6.61 Å². The van der Waals surface area contributed by atoms with Crippen molar-refractivity contribution >= 4 is 29.5 Å². The van der Waals surface area contributed by atoms with E-state index in [1.54, 1.807) is 0 Å². The number of rotatable bonds is 9. The van der Waals surface area contributed by atoms with Crippen molar-refractivity contribution in [3.8, 4) is 0 Å². The van der Waals surface area contributed by atoms with Crippen LogP contribution in [0.5, 0.6) is 0 Å². The molecule has 4 aliphatic carbocycles. The summed E-state index contributed by atoms with van der Waals surface area (Å²) in [5, 5.41) is 9.66. The number of piperidine rings is 1. The molecule has 6 aliphatic rings. The highest BCUT2D eigenvalue weighted by Gasteiger charge is 2.51. The first kappa shape index (κ1) is 33.8. The molecule has 11 heteroatoms. The van der Waals surface area contributed by atoms with Crippen LogP contribution in [0.25, 0.3) is 0 Å². The number of alkyl carbamates (subject to hydrolysis) is 1. The van der Waals surface area contributed by atoms with E-state index in [9.17, 15) is 9.59 Å². The molecule has 0 spiro atoms. The Labute approximate surface area is 291 Å². The number of esters is 1. The molecule has 3 N–H and O–H groups in total. The second-order valence-electron chi connectivity index (χ2n) is 16.7. The number of carbonyl (C=O) groups excluding carboxylic acids is 2. The Morgan fingerprint density at radius 2 is 1.71 bits per heavy atom. The van der Waals surface area contributed by atoms with E-state index in [0.717, 1.165) is 99.5 Å². The Bertz CT molecular complexity index is 1510. The van der Waals surface area contributed by atoms with Crippen molar-refractivity contribution in [3.05, 3.63) is 34.8 Å². The summed E-state index contributed by atoms with van der Waals surface area (Å²) in [6.45, 7) is 12.6. The Hall–Kier alpha value is -3.63. The maximum absolute atomic E-state index is 13.4. The molecule has 0 aromatic carbocycles. The van der Waals surface area contributed by atoms with Crippen LogP contribution in [0.3, 0.4) is 0 Å². The second-order valence-corrected chi connectivity index (χ2v) is 16.7. The molecule has 266 valence electrons. The van der Waals surface area contributed by atoms with Gasteiger partial charge in [0, 0.05) is 48.8 Å². The first-order valence-corrected chi connectivity index (χ1v) is 18.7. The molecular formula is C38H55N7O4.